The van der Waals surface area contributed by atoms with Gasteiger partial charge in [0.15, 0.2) is 0 Å². The van der Waals surface area contributed by atoms with E-state index < -0.39 is 5.54 Å². The second-order valence-electron chi connectivity index (χ2n) is 8.67. The maximum absolute atomic E-state index is 13.5. The van der Waals surface area contributed by atoms with Crippen molar-refractivity contribution < 1.29 is 18.8 Å². The molecule has 172 valence electrons. The fraction of sp³-hybridized carbons (Fsp3) is 0.346. The van der Waals surface area contributed by atoms with Gasteiger partial charge in [-0.05, 0) is 51.0 Å². The summed E-state index contributed by atoms with van der Waals surface area (Å²) in [6.07, 6.45) is 1.54. The summed E-state index contributed by atoms with van der Waals surface area (Å²) in [5.41, 5.74) is 1.11. The van der Waals surface area contributed by atoms with Gasteiger partial charge >= 0.3 is 0 Å². The molecule has 1 N–H and O–H groups in total. The van der Waals surface area contributed by atoms with E-state index >= 15 is 0 Å². The number of nitrogens with one attached hydrogen (secondary N) is 1. The zero-order valence-electron chi connectivity index (χ0n) is 19.2. The molecule has 1 aliphatic heterocycles. The monoisotopic (exact) mass is 447 g/mol. The molecule has 7 nitrogen and oxygen atoms in total. The highest BCUT2D eigenvalue weighted by molar-refractivity contribution is 6.00. The van der Waals surface area contributed by atoms with Gasteiger partial charge in [0.1, 0.15) is 22.7 Å². The Bertz CT molecular complexity index is 1110. The molecule has 2 aromatic carbocycles. The third-order valence-electron chi connectivity index (χ3n) is 6.01. The second-order valence-corrected chi connectivity index (χ2v) is 8.67. The molecular weight excluding hydrogens is 418 g/mol. The summed E-state index contributed by atoms with van der Waals surface area (Å²) in [6.45, 7) is 4.33. The second kappa shape index (κ2) is 9.48. The van der Waals surface area contributed by atoms with Crippen LogP contribution in [0.2, 0.25) is 0 Å². The van der Waals surface area contributed by atoms with E-state index in [0.717, 1.165) is 12.0 Å². The van der Waals surface area contributed by atoms with Gasteiger partial charge in [0.2, 0.25) is 5.91 Å². The number of likely N-dealkylation sites (tertiary alicyclic amines) is 1. The average molecular weight is 448 g/mol. The molecule has 0 radical (unpaired) electrons. The Morgan fingerprint density at radius 2 is 1.88 bits per heavy atom. The number of benzene rings is 2. The molecule has 4 rings (SSSR count). The van der Waals surface area contributed by atoms with Crippen LogP contribution in [0.1, 0.15) is 42.8 Å². The molecular formula is C26H29N3O4. The van der Waals surface area contributed by atoms with Gasteiger partial charge in [0.25, 0.3) is 5.91 Å². The Labute approximate surface area is 193 Å². The normalized spacial score (nSPS) is 17.9. The van der Waals surface area contributed by atoms with Crippen molar-refractivity contribution in [3.05, 3.63) is 72.0 Å². The number of rotatable bonds is 7. The van der Waals surface area contributed by atoms with Crippen LogP contribution >= 0.6 is 0 Å². The topological polar surface area (TPSA) is 84.7 Å². The molecule has 0 spiro atoms. The van der Waals surface area contributed by atoms with Gasteiger partial charge < -0.3 is 19.5 Å². The molecule has 0 saturated carbocycles. The van der Waals surface area contributed by atoms with E-state index in [1.165, 1.54) is 0 Å². The lowest BCUT2D eigenvalue weighted by atomic mass is 9.88. The van der Waals surface area contributed by atoms with Crippen molar-refractivity contribution in [2.75, 3.05) is 13.7 Å². The van der Waals surface area contributed by atoms with Gasteiger partial charge in [-0.3, -0.25) is 9.59 Å². The highest BCUT2D eigenvalue weighted by Crippen LogP contribution is 2.36. The summed E-state index contributed by atoms with van der Waals surface area (Å²) >= 11 is 0. The lowest BCUT2D eigenvalue weighted by Gasteiger charge is -2.37. The van der Waals surface area contributed by atoms with Gasteiger partial charge in [-0.25, -0.2) is 0 Å². The fourth-order valence-corrected chi connectivity index (χ4v) is 4.39. The molecule has 3 aromatic rings. The highest BCUT2D eigenvalue weighted by Gasteiger charge is 2.50. The zero-order valence-corrected chi connectivity index (χ0v) is 19.2. The first-order valence-corrected chi connectivity index (χ1v) is 11.2. The molecule has 2 amide bonds. The van der Waals surface area contributed by atoms with Crippen molar-refractivity contribution in [1.29, 1.82) is 0 Å². The third kappa shape index (κ3) is 4.62. The average Bonchev–Trinajstić information content (AvgIpc) is 3.47. The molecule has 1 aliphatic rings. The van der Waals surface area contributed by atoms with E-state index in [-0.39, 0.29) is 24.3 Å². The van der Waals surface area contributed by atoms with Crippen LogP contribution in [-0.4, -0.2) is 47.1 Å². The summed E-state index contributed by atoms with van der Waals surface area (Å²) in [6, 6.07) is 18.5. The smallest absolute Gasteiger partial charge is 0.254 e. The number of carbonyl (C=O) groups excluding carboxylic acids is 2. The summed E-state index contributed by atoms with van der Waals surface area (Å²) in [5, 5.41) is 7.23. The number of aromatic nitrogens is 1. The van der Waals surface area contributed by atoms with Gasteiger partial charge in [-0.15, -0.1) is 0 Å². The minimum atomic E-state index is -1.05. The van der Waals surface area contributed by atoms with Crippen LogP contribution in [0.3, 0.4) is 0 Å². The Hall–Kier alpha value is -3.61. The number of nitrogens with zero attached hydrogens (tertiary/aromatic N) is 2. The van der Waals surface area contributed by atoms with E-state index in [9.17, 15) is 9.59 Å². The Morgan fingerprint density at radius 1 is 1.15 bits per heavy atom. The first kappa shape index (κ1) is 22.6. The minimum absolute atomic E-state index is 0.0532. The van der Waals surface area contributed by atoms with E-state index in [1.807, 2.05) is 50.2 Å². The van der Waals surface area contributed by atoms with Crippen molar-refractivity contribution in [3.63, 3.8) is 0 Å². The summed E-state index contributed by atoms with van der Waals surface area (Å²) < 4.78 is 10.8. The Kier molecular flexibility index (Phi) is 6.49. The maximum atomic E-state index is 13.5. The first-order valence-electron chi connectivity index (χ1n) is 11.2. The fourth-order valence-electron chi connectivity index (χ4n) is 4.39. The standard InChI is InChI=1S/C26H29N3O4/c1-18(2)27-25(31)26(17-22-16-23(28-33-22)19-8-5-4-6-9-19)14-7-15-29(26)24(30)20-10-12-21(32-3)13-11-20/h4-6,8-13,16,18H,7,14-15,17H2,1-3H3,(H,27,31). The lowest BCUT2D eigenvalue weighted by Crippen LogP contribution is -2.59. The third-order valence-corrected chi connectivity index (χ3v) is 6.01. The van der Waals surface area contributed by atoms with E-state index in [2.05, 4.69) is 10.5 Å². The van der Waals surface area contributed by atoms with Crippen molar-refractivity contribution in [2.24, 2.45) is 0 Å². The molecule has 0 bridgehead atoms. The van der Waals surface area contributed by atoms with Crippen molar-refractivity contribution in [2.45, 2.75) is 44.7 Å². The Balaban J connectivity index is 1.67. The predicted octanol–water partition coefficient (Wildman–Crippen LogP) is 4.09. The molecule has 1 atom stereocenters. The van der Waals surface area contributed by atoms with Crippen LogP contribution < -0.4 is 10.1 Å². The summed E-state index contributed by atoms with van der Waals surface area (Å²) in [5.74, 6) is 0.889. The van der Waals surface area contributed by atoms with Gasteiger partial charge in [-0.2, -0.15) is 0 Å². The number of amides is 2. The molecule has 1 aromatic heterocycles. The quantitative estimate of drug-likeness (QED) is 0.590. The number of ether oxygens (including phenoxy) is 1. The number of hydrogen-bond acceptors (Lipinski definition) is 5. The molecule has 2 heterocycles. The Morgan fingerprint density at radius 3 is 2.55 bits per heavy atom. The molecule has 7 heteroatoms. The van der Waals surface area contributed by atoms with Crippen LogP contribution in [0.5, 0.6) is 5.75 Å². The van der Waals surface area contributed by atoms with E-state index in [4.69, 9.17) is 9.26 Å². The maximum Gasteiger partial charge on any atom is 0.254 e. The molecule has 33 heavy (non-hydrogen) atoms. The van der Waals surface area contributed by atoms with Gasteiger partial charge in [0, 0.05) is 36.2 Å². The van der Waals surface area contributed by atoms with Crippen molar-refractivity contribution in [3.8, 4) is 17.0 Å². The summed E-state index contributed by atoms with van der Waals surface area (Å²) in [4.78, 5) is 28.7. The highest BCUT2D eigenvalue weighted by atomic mass is 16.5. The van der Waals surface area contributed by atoms with Crippen LogP contribution in [-0.2, 0) is 11.2 Å². The lowest BCUT2D eigenvalue weighted by molar-refractivity contribution is -0.131. The van der Waals surface area contributed by atoms with Crippen molar-refractivity contribution in [1.82, 2.24) is 15.4 Å². The largest absolute Gasteiger partial charge is 0.497 e. The van der Waals surface area contributed by atoms with Gasteiger partial charge in [0.05, 0.1) is 7.11 Å². The van der Waals surface area contributed by atoms with Crippen molar-refractivity contribution >= 4 is 11.8 Å². The zero-order chi connectivity index (χ0) is 23.4. The predicted molar refractivity (Wildman–Crippen MR) is 125 cm³/mol. The van der Waals surface area contributed by atoms with Crippen LogP contribution in [0.15, 0.2) is 65.2 Å². The number of hydrogen-bond donors (Lipinski definition) is 1. The van der Waals surface area contributed by atoms with Crippen LogP contribution in [0, 0.1) is 0 Å². The number of methoxy groups -OCH3 is 1. The van der Waals surface area contributed by atoms with Crippen LogP contribution in [0.4, 0.5) is 0 Å². The molecule has 1 saturated heterocycles. The van der Waals surface area contributed by atoms with E-state index in [0.29, 0.717) is 35.7 Å². The first-order chi connectivity index (χ1) is 15.9. The molecule has 1 unspecified atom stereocenters. The number of carbonyl (C=O) groups is 2. The van der Waals surface area contributed by atoms with Crippen LogP contribution in [0.25, 0.3) is 11.3 Å². The van der Waals surface area contributed by atoms with E-state index in [1.54, 1.807) is 36.3 Å². The molecule has 1 fully saturated rings. The minimum Gasteiger partial charge on any atom is -0.497 e. The SMILES string of the molecule is COc1ccc(C(=O)N2CCCC2(Cc2cc(-c3ccccc3)no2)C(=O)NC(C)C)cc1. The van der Waals surface area contributed by atoms with Gasteiger partial charge in [-0.1, -0.05) is 35.5 Å². The summed E-state index contributed by atoms with van der Waals surface area (Å²) in [7, 11) is 1.58. The molecule has 0 aliphatic carbocycles.